The maximum absolute atomic E-state index is 11.0. The molecule has 0 saturated carbocycles. The van der Waals surface area contributed by atoms with Gasteiger partial charge in [-0.05, 0) is 47.1 Å². The summed E-state index contributed by atoms with van der Waals surface area (Å²) >= 11 is 3.38. The van der Waals surface area contributed by atoms with E-state index in [1.54, 1.807) is 18.2 Å². The monoisotopic (exact) mass is 298 g/mol. The molecule has 1 saturated heterocycles. The molecule has 1 aromatic carbocycles. The average Bonchev–Trinajstić information content (AvgIpc) is 2.80. The molecule has 0 aliphatic carbocycles. The maximum atomic E-state index is 11.0. The Balaban J connectivity index is 1.98. The molecule has 0 radical (unpaired) electrons. The van der Waals surface area contributed by atoms with Crippen molar-refractivity contribution in [2.45, 2.75) is 6.42 Å². The maximum Gasteiger partial charge on any atom is 0.248 e. The Bertz CT molecular complexity index is 417. The minimum atomic E-state index is -0.433. The number of halogens is 1. The van der Waals surface area contributed by atoms with Crippen LogP contribution < -0.4 is 15.8 Å². The fourth-order valence-corrected chi connectivity index (χ4v) is 2.33. The van der Waals surface area contributed by atoms with Gasteiger partial charge in [-0.1, -0.05) is 0 Å². The molecule has 17 heavy (non-hydrogen) atoms. The number of ether oxygens (including phenoxy) is 1. The van der Waals surface area contributed by atoms with Crippen molar-refractivity contribution in [2.24, 2.45) is 11.7 Å². The van der Waals surface area contributed by atoms with Crippen molar-refractivity contribution in [2.75, 3.05) is 19.7 Å². The van der Waals surface area contributed by atoms with E-state index in [1.165, 1.54) is 0 Å². The van der Waals surface area contributed by atoms with Crippen LogP contribution in [0.4, 0.5) is 0 Å². The van der Waals surface area contributed by atoms with Crippen LogP contribution in [0.15, 0.2) is 22.7 Å². The summed E-state index contributed by atoms with van der Waals surface area (Å²) in [4.78, 5) is 11.0. The first-order chi connectivity index (χ1) is 8.16. The van der Waals surface area contributed by atoms with Crippen LogP contribution in [0.2, 0.25) is 0 Å². The van der Waals surface area contributed by atoms with Crippen molar-refractivity contribution in [1.29, 1.82) is 0 Å². The van der Waals surface area contributed by atoms with E-state index >= 15 is 0 Å². The van der Waals surface area contributed by atoms with Crippen molar-refractivity contribution in [1.82, 2.24) is 5.32 Å². The van der Waals surface area contributed by atoms with E-state index in [0.717, 1.165) is 29.7 Å². The van der Waals surface area contributed by atoms with Gasteiger partial charge in [0.05, 0.1) is 11.1 Å². The van der Waals surface area contributed by atoms with Crippen LogP contribution in [-0.2, 0) is 0 Å². The third-order valence-electron chi connectivity index (χ3n) is 2.85. The van der Waals surface area contributed by atoms with Gasteiger partial charge < -0.3 is 15.8 Å². The lowest BCUT2D eigenvalue weighted by molar-refractivity contribution is 0.1000. The second-order valence-corrected chi connectivity index (χ2v) is 5.03. The van der Waals surface area contributed by atoms with Crippen LogP contribution in [0.3, 0.4) is 0 Å². The summed E-state index contributed by atoms with van der Waals surface area (Å²) in [6.45, 7) is 2.77. The van der Waals surface area contributed by atoms with Crippen LogP contribution in [-0.4, -0.2) is 25.6 Å². The Labute approximate surface area is 109 Å². The number of nitrogens with one attached hydrogen (secondary N) is 1. The summed E-state index contributed by atoms with van der Waals surface area (Å²) < 4.78 is 6.48. The summed E-state index contributed by atoms with van der Waals surface area (Å²) in [7, 11) is 0. The smallest absolute Gasteiger partial charge is 0.248 e. The minimum absolute atomic E-state index is 0.433. The number of hydrogen-bond acceptors (Lipinski definition) is 3. The number of hydrogen-bond donors (Lipinski definition) is 2. The van der Waals surface area contributed by atoms with Crippen LogP contribution in [0.1, 0.15) is 16.8 Å². The van der Waals surface area contributed by atoms with Gasteiger partial charge in [0.2, 0.25) is 5.91 Å². The third kappa shape index (κ3) is 3.20. The van der Waals surface area contributed by atoms with Crippen molar-refractivity contribution >= 4 is 21.8 Å². The third-order valence-corrected chi connectivity index (χ3v) is 3.47. The SMILES string of the molecule is NC(=O)c1ccc(OCC2CCNC2)c(Br)c1. The highest BCUT2D eigenvalue weighted by Gasteiger charge is 2.15. The predicted octanol–water partition coefficient (Wildman–Crippen LogP) is 1.54. The standard InChI is InChI=1S/C12H15BrN2O2/c13-10-5-9(12(14)16)1-2-11(10)17-7-8-3-4-15-6-8/h1-2,5,8,15H,3-4,6-7H2,(H2,14,16). The minimum Gasteiger partial charge on any atom is -0.492 e. The molecular formula is C12H15BrN2O2. The Morgan fingerprint density at radius 1 is 1.59 bits per heavy atom. The molecule has 1 aliphatic heterocycles. The zero-order chi connectivity index (χ0) is 12.3. The van der Waals surface area contributed by atoms with Gasteiger partial charge in [-0.25, -0.2) is 0 Å². The van der Waals surface area contributed by atoms with E-state index in [4.69, 9.17) is 10.5 Å². The molecule has 5 heteroatoms. The zero-order valence-corrected chi connectivity index (χ0v) is 11.0. The van der Waals surface area contributed by atoms with Crippen molar-refractivity contribution < 1.29 is 9.53 Å². The first kappa shape index (κ1) is 12.4. The highest BCUT2D eigenvalue weighted by Crippen LogP contribution is 2.26. The number of rotatable bonds is 4. The molecule has 2 rings (SSSR count). The number of benzene rings is 1. The van der Waals surface area contributed by atoms with Crippen LogP contribution in [0.5, 0.6) is 5.75 Å². The zero-order valence-electron chi connectivity index (χ0n) is 9.41. The van der Waals surface area contributed by atoms with Crippen molar-refractivity contribution in [3.63, 3.8) is 0 Å². The number of nitrogens with two attached hydrogens (primary N) is 1. The number of primary amides is 1. The van der Waals surface area contributed by atoms with Crippen LogP contribution >= 0.6 is 15.9 Å². The van der Waals surface area contributed by atoms with Crippen LogP contribution in [0, 0.1) is 5.92 Å². The van der Waals surface area contributed by atoms with Gasteiger partial charge in [-0.2, -0.15) is 0 Å². The van der Waals surface area contributed by atoms with E-state index in [-0.39, 0.29) is 0 Å². The molecule has 1 unspecified atom stereocenters. The molecule has 0 spiro atoms. The number of amides is 1. The lowest BCUT2D eigenvalue weighted by Gasteiger charge is -2.12. The summed E-state index contributed by atoms with van der Waals surface area (Å²) in [5.74, 6) is 0.886. The molecule has 3 N–H and O–H groups in total. The number of carbonyl (C=O) groups is 1. The highest BCUT2D eigenvalue weighted by atomic mass is 79.9. The molecule has 1 aliphatic rings. The molecular weight excluding hydrogens is 284 g/mol. The summed E-state index contributed by atoms with van der Waals surface area (Å²) in [5.41, 5.74) is 5.68. The van der Waals surface area contributed by atoms with E-state index in [9.17, 15) is 4.79 Å². The lowest BCUT2D eigenvalue weighted by atomic mass is 10.1. The molecule has 0 aromatic heterocycles. The van der Waals surface area contributed by atoms with E-state index in [0.29, 0.717) is 18.1 Å². The Morgan fingerprint density at radius 2 is 2.41 bits per heavy atom. The number of carbonyl (C=O) groups excluding carboxylic acids is 1. The first-order valence-corrected chi connectivity index (χ1v) is 6.39. The quantitative estimate of drug-likeness (QED) is 0.886. The first-order valence-electron chi connectivity index (χ1n) is 5.59. The molecule has 1 atom stereocenters. The lowest BCUT2D eigenvalue weighted by Crippen LogP contribution is -2.16. The van der Waals surface area contributed by atoms with E-state index in [2.05, 4.69) is 21.2 Å². The molecule has 0 bridgehead atoms. The fourth-order valence-electron chi connectivity index (χ4n) is 1.84. The van der Waals surface area contributed by atoms with Gasteiger partial charge in [-0.15, -0.1) is 0 Å². The average molecular weight is 299 g/mol. The Hall–Kier alpha value is -1.07. The summed E-state index contributed by atoms with van der Waals surface area (Å²) in [6, 6.07) is 5.13. The Morgan fingerprint density at radius 3 is 3.00 bits per heavy atom. The summed E-state index contributed by atoms with van der Waals surface area (Å²) in [6.07, 6.45) is 1.15. The fraction of sp³-hybridized carbons (Fsp3) is 0.417. The molecule has 1 amide bonds. The van der Waals surface area contributed by atoms with E-state index in [1.807, 2.05) is 0 Å². The Kier molecular flexibility index (Phi) is 4.02. The topological polar surface area (TPSA) is 64.4 Å². The van der Waals surface area contributed by atoms with E-state index < -0.39 is 5.91 Å². The molecule has 4 nitrogen and oxygen atoms in total. The van der Waals surface area contributed by atoms with Gasteiger partial charge in [0.25, 0.3) is 0 Å². The van der Waals surface area contributed by atoms with Gasteiger partial charge >= 0.3 is 0 Å². The van der Waals surface area contributed by atoms with Crippen molar-refractivity contribution in [3.8, 4) is 5.75 Å². The molecule has 1 fully saturated rings. The predicted molar refractivity (Wildman–Crippen MR) is 69.1 cm³/mol. The molecule has 1 heterocycles. The largest absolute Gasteiger partial charge is 0.492 e. The van der Waals surface area contributed by atoms with Crippen LogP contribution in [0.25, 0.3) is 0 Å². The van der Waals surface area contributed by atoms with Gasteiger partial charge in [0.1, 0.15) is 5.75 Å². The van der Waals surface area contributed by atoms with Gasteiger partial charge in [0.15, 0.2) is 0 Å². The summed E-state index contributed by atoms with van der Waals surface area (Å²) in [5, 5.41) is 3.29. The second kappa shape index (κ2) is 5.51. The molecule has 92 valence electrons. The highest BCUT2D eigenvalue weighted by molar-refractivity contribution is 9.10. The van der Waals surface area contributed by atoms with Crippen molar-refractivity contribution in [3.05, 3.63) is 28.2 Å². The normalized spacial score (nSPS) is 19.2. The second-order valence-electron chi connectivity index (χ2n) is 4.18. The van der Waals surface area contributed by atoms with Gasteiger partial charge in [-0.3, -0.25) is 4.79 Å². The molecule has 1 aromatic rings. The van der Waals surface area contributed by atoms with Gasteiger partial charge in [0, 0.05) is 18.0 Å².